The minimum atomic E-state index is -0.968. The minimum Gasteiger partial charge on any atom is -0.504 e. The number of piperidine rings is 1. The molecule has 0 bridgehead atoms. The molecule has 0 saturated carbocycles. The van der Waals surface area contributed by atoms with Gasteiger partial charge in [-0.1, -0.05) is 39.0 Å². The van der Waals surface area contributed by atoms with Crippen LogP contribution in [0.5, 0.6) is 17.2 Å². The molecule has 1 atom stereocenters. The maximum atomic E-state index is 14.0. The molecule has 2 aromatic rings. The van der Waals surface area contributed by atoms with Crippen molar-refractivity contribution in [2.24, 2.45) is 11.3 Å². The molecule has 1 spiro atoms. The number of amides is 1. The van der Waals surface area contributed by atoms with Crippen molar-refractivity contribution in [2.75, 3.05) is 37.7 Å². The summed E-state index contributed by atoms with van der Waals surface area (Å²) >= 11 is 0. The van der Waals surface area contributed by atoms with Crippen molar-refractivity contribution in [1.29, 1.82) is 0 Å². The number of likely N-dealkylation sites (tertiary alicyclic amines) is 1. The van der Waals surface area contributed by atoms with Crippen LogP contribution < -0.4 is 9.64 Å². The SMILES string of the molecule is CC(C)(C)CCN1CCC(CN2C(=O)C3(COc4cc(O)c(O)cc43)c3ccccc32)CC1. The molecule has 5 rings (SSSR count). The number of benzene rings is 2. The number of phenols is 2. The summed E-state index contributed by atoms with van der Waals surface area (Å²) in [4.78, 5) is 18.5. The fourth-order valence-corrected chi connectivity index (χ4v) is 5.52. The van der Waals surface area contributed by atoms with Crippen LogP contribution in [0.3, 0.4) is 0 Å². The number of phenolic OH excluding ortho intramolecular Hbond substituents is 2. The molecule has 1 unspecified atom stereocenters. The van der Waals surface area contributed by atoms with Crippen molar-refractivity contribution in [3.05, 3.63) is 47.5 Å². The molecule has 0 radical (unpaired) electrons. The van der Waals surface area contributed by atoms with Crippen LogP contribution in [0.1, 0.15) is 51.2 Å². The fourth-order valence-electron chi connectivity index (χ4n) is 5.52. The Bertz CT molecular complexity index is 1070. The topological polar surface area (TPSA) is 73.2 Å². The van der Waals surface area contributed by atoms with E-state index in [1.165, 1.54) is 18.6 Å². The molecule has 0 aliphatic carbocycles. The third-order valence-electron chi connectivity index (χ3n) is 7.57. The van der Waals surface area contributed by atoms with Crippen LogP contribution in [-0.4, -0.2) is 53.8 Å². The highest BCUT2D eigenvalue weighted by Gasteiger charge is 2.57. The first kappa shape index (κ1) is 22.1. The highest BCUT2D eigenvalue weighted by Crippen LogP contribution is 2.54. The van der Waals surface area contributed by atoms with E-state index in [2.05, 4.69) is 25.7 Å². The van der Waals surface area contributed by atoms with E-state index in [1.54, 1.807) is 0 Å². The van der Waals surface area contributed by atoms with Crippen LogP contribution in [0.4, 0.5) is 5.69 Å². The zero-order chi connectivity index (χ0) is 23.4. The number of rotatable bonds is 4. The van der Waals surface area contributed by atoms with Gasteiger partial charge in [0.25, 0.3) is 0 Å². The lowest BCUT2D eigenvalue weighted by molar-refractivity contribution is -0.122. The molecule has 6 heteroatoms. The third kappa shape index (κ3) is 3.74. The van der Waals surface area contributed by atoms with E-state index in [9.17, 15) is 15.0 Å². The Morgan fingerprint density at radius 1 is 1.06 bits per heavy atom. The van der Waals surface area contributed by atoms with Gasteiger partial charge in [-0.2, -0.15) is 0 Å². The molecule has 1 fully saturated rings. The summed E-state index contributed by atoms with van der Waals surface area (Å²) < 4.78 is 5.88. The van der Waals surface area contributed by atoms with Crippen LogP contribution in [0, 0.1) is 11.3 Å². The monoisotopic (exact) mass is 450 g/mol. The van der Waals surface area contributed by atoms with E-state index in [0.717, 1.165) is 43.7 Å². The summed E-state index contributed by atoms with van der Waals surface area (Å²) in [7, 11) is 0. The summed E-state index contributed by atoms with van der Waals surface area (Å²) in [5.41, 5.74) is 1.87. The molecule has 3 aliphatic rings. The van der Waals surface area contributed by atoms with Crippen molar-refractivity contribution in [2.45, 2.75) is 45.4 Å². The molecule has 1 amide bonds. The van der Waals surface area contributed by atoms with Gasteiger partial charge >= 0.3 is 0 Å². The largest absolute Gasteiger partial charge is 0.504 e. The molecule has 1 saturated heterocycles. The van der Waals surface area contributed by atoms with Crippen molar-refractivity contribution in [1.82, 2.24) is 4.90 Å². The molecule has 33 heavy (non-hydrogen) atoms. The summed E-state index contributed by atoms with van der Waals surface area (Å²) in [5.74, 6) is 0.452. The van der Waals surface area contributed by atoms with Crippen LogP contribution in [0.15, 0.2) is 36.4 Å². The molecular weight excluding hydrogens is 416 g/mol. The van der Waals surface area contributed by atoms with E-state index in [4.69, 9.17) is 4.74 Å². The lowest BCUT2D eigenvalue weighted by Gasteiger charge is -2.35. The number of carbonyl (C=O) groups is 1. The summed E-state index contributed by atoms with van der Waals surface area (Å²) in [5, 5.41) is 20.1. The number of fused-ring (bicyclic) bond motifs is 4. The van der Waals surface area contributed by atoms with Gasteiger partial charge in [0.15, 0.2) is 11.5 Å². The quantitative estimate of drug-likeness (QED) is 0.681. The average Bonchev–Trinajstić information content (AvgIpc) is 3.25. The molecule has 0 aromatic heterocycles. The van der Waals surface area contributed by atoms with Gasteiger partial charge in [0.2, 0.25) is 5.91 Å². The van der Waals surface area contributed by atoms with Gasteiger partial charge in [-0.05, 0) is 67.9 Å². The van der Waals surface area contributed by atoms with Gasteiger partial charge in [-0.15, -0.1) is 0 Å². The van der Waals surface area contributed by atoms with Gasteiger partial charge in [-0.25, -0.2) is 0 Å². The minimum absolute atomic E-state index is 0.00250. The van der Waals surface area contributed by atoms with E-state index in [-0.39, 0.29) is 24.0 Å². The molecule has 2 aromatic carbocycles. The van der Waals surface area contributed by atoms with E-state index < -0.39 is 5.41 Å². The Hall–Kier alpha value is -2.73. The van der Waals surface area contributed by atoms with E-state index >= 15 is 0 Å². The van der Waals surface area contributed by atoms with Crippen molar-refractivity contribution >= 4 is 11.6 Å². The average molecular weight is 451 g/mol. The lowest BCUT2D eigenvalue weighted by atomic mass is 9.77. The van der Waals surface area contributed by atoms with Gasteiger partial charge in [0.05, 0.1) is 0 Å². The Morgan fingerprint density at radius 2 is 1.76 bits per heavy atom. The summed E-state index contributed by atoms with van der Waals surface area (Å²) in [6.45, 7) is 11.0. The highest BCUT2D eigenvalue weighted by molar-refractivity contribution is 6.11. The Balaban J connectivity index is 1.37. The van der Waals surface area contributed by atoms with Crippen LogP contribution in [0.2, 0.25) is 0 Å². The first-order valence-corrected chi connectivity index (χ1v) is 12.0. The molecule has 176 valence electrons. The van der Waals surface area contributed by atoms with Gasteiger partial charge in [-0.3, -0.25) is 4.79 Å². The second kappa shape index (κ2) is 7.94. The molecule has 3 heterocycles. The predicted molar refractivity (Wildman–Crippen MR) is 128 cm³/mol. The third-order valence-corrected chi connectivity index (χ3v) is 7.57. The second-order valence-corrected chi connectivity index (χ2v) is 11.1. The first-order valence-electron chi connectivity index (χ1n) is 12.0. The number of carbonyl (C=O) groups excluding carboxylic acids is 1. The number of ether oxygens (including phenoxy) is 1. The number of para-hydroxylation sites is 1. The molecule has 6 nitrogen and oxygen atoms in total. The Morgan fingerprint density at radius 3 is 2.48 bits per heavy atom. The second-order valence-electron chi connectivity index (χ2n) is 11.1. The number of anilines is 1. The zero-order valence-electron chi connectivity index (χ0n) is 19.8. The van der Waals surface area contributed by atoms with E-state index in [1.807, 2.05) is 29.2 Å². The smallest absolute Gasteiger partial charge is 0.245 e. The Labute approximate surface area is 195 Å². The molecular formula is C27H34N2O4. The molecule has 3 aliphatic heterocycles. The lowest BCUT2D eigenvalue weighted by Crippen LogP contribution is -2.45. The van der Waals surface area contributed by atoms with Gasteiger partial charge in [0, 0.05) is 23.9 Å². The first-order chi connectivity index (χ1) is 15.7. The van der Waals surface area contributed by atoms with Gasteiger partial charge in [0.1, 0.15) is 17.8 Å². The normalized spacial score (nSPS) is 23.1. The highest BCUT2D eigenvalue weighted by atomic mass is 16.5. The fraction of sp³-hybridized carbons (Fsp3) is 0.519. The standard InChI is InChI=1S/C27H34N2O4/c1-26(2,3)10-13-28-11-8-18(9-12-28)16-29-21-7-5-4-6-19(21)27(25(29)32)17-33-24-15-23(31)22(30)14-20(24)27/h4-7,14-15,18,30-31H,8-13,16-17H2,1-3H3. The van der Waals surface area contributed by atoms with E-state index in [0.29, 0.717) is 29.2 Å². The molecule has 2 N–H and O–H groups in total. The summed E-state index contributed by atoms with van der Waals surface area (Å²) in [6, 6.07) is 10.8. The number of hydrogen-bond donors (Lipinski definition) is 2. The number of aromatic hydroxyl groups is 2. The maximum Gasteiger partial charge on any atom is 0.245 e. The van der Waals surface area contributed by atoms with Crippen LogP contribution >= 0.6 is 0 Å². The van der Waals surface area contributed by atoms with Crippen LogP contribution in [0.25, 0.3) is 0 Å². The maximum absolute atomic E-state index is 14.0. The summed E-state index contributed by atoms with van der Waals surface area (Å²) in [6.07, 6.45) is 3.37. The van der Waals surface area contributed by atoms with Gasteiger partial charge < -0.3 is 24.7 Å². The Kier molecular flexibility index (Phi) is 5.31. The van der Waals surface area contributed by atoms with Crippen molar-refractivity contribution in [3.63, 3.8) is 0 Å². The zero-order valence-corrected chi connectivity index (χ0v) is 19.8. The van der Waals surface area contributed by atoms with Crippen molar-refractivity contribution in [3.8, 4) is 17.2 Å². The van der Waals surface area contributed by atoms with Crippen LogP contribution in [-0.2, 0) is 10.2 Å². The van der Waals surface area contributed by atoms with Crippen molar-refractivity contribution < 1.29 is 19.7 Å². The number of nitrogens with zero attached hydrogens (tertiary/aromatic N) is 2. The number of hydrogen-bond acceptors (Lipinski definition) is 5. The predicted octanol–water partition coefficient (Wildman–Crippen LogP) is 4.27.